The molecule has 1 aromatic heterocycles. The fourth-order valence-corrected chi connectivity index (χ4v) is 3.11. The van der Waals surface area contributed by atoms with Crippen molar-refractivity contribution in [1.29, 1.82) is 0 Å². The Kier molecular flexibility index (Phi) is 4.61. The Morgan fingerprint density at radius 3 is 2.94 bits per heavy atom. The molecule has 0 aliphatic carbocycles. The highest BCUT2D eigenvalue weighted by Crippen LogP contribution is 2.22. The fourth-order valence-electron chi connectivity index (χ4n) is 2.16. The predicted octanol–water partition coefficient (Wildman–Crippen LogP) is 1.85. The normalized spacial score (nSPS) is 24.4. The van der Waals surface area contributed by atoms with E-state index in [-0.39, 0.29) is 18.1 Å². The lowest BCUT2D eigenvalue weighted by molar-refractivity contribution is 0.0765. The Labute approximate surface area is 116 Å². The molecule has 0 spiro atoms. The lowest BCUT2D eigenvalue weighted by Gasteiger charge is -2.17. The molecule has 0 saturated carbocycles. The average molecular weight is 289 g/mol. The van der Waals surface area contributed by atoms with Gasteiger partial charge in [0, 0.05) is 20.2 Å². The maximum absolute atomic E-state index is 12.0. The second kappa shape index (κ2) is 6.02. The number of nitrogens with one attached hydrogen (secondary N) is 1. The van der Waals surface area contributed by atoms with Gasteiger partial charge in [-0.2, -0.15) is 0 Å². The molecule has 100 valence electrons. The van der Waals surface area contributed by atoms with Crippen molar-refractivity contribution in [3.05, 3.63) is 21.3 Å². The highest BCUT2D eigenvalue weighted by molar-refractivity contribution is 7.17. The zero-order valence-electron chi connectivity index (χ0n) is 10.5. The SMILES string of the molecule is CCN1C[C@@H](NC(=O)c2ccc(Cl)s2)[C@H](OC)C1. The van der Waals surface area contributed by atoms with Gasteiger partial charge in [0.05, 0.1) is 21.4 Å². The number of carbonyl (C=O) groups is 1. The Morgan fingerprint density at radius 2 is 2.39 bits per heavy atom. The molecule has 1 aliphatic heterocycles. The average Bonchev–Trinajstić information content (AvgIpc) is 2.95. The molecule has 0 aromatic carbocycles. The van der Waals surface area contributed by atoms with Crippen LogP contribution in [0, 0.1) is 0 Å². The van der Waals surface area contributed by atoms with Gasteiger partial charge in [-0.25, -0.2) is 0 Å². The quantitative estimate of drug-likeness (QED) is 0.919. The minimum Gasteiger partial charge on any atom is -0.378 e. The van der Waals surface area contributed by atoms with Crippen LogP contribution in [-0.4, -0.2) is 49.7 Å². The van der Waals surface area contributed by atoms with E-state index in [1.54, 1.807) is 19.2 Å². The van der Waals surface area contributed by atoms with E-state index in [2.05, 4.69) is 17.1 Å². The summed E-state index contributed by atoms with van der Waals surface area (Å²) in [5, 5.41) is 3.02. The van der Waals surface area contributed by atoms with Gasteiger partial charge in [0.1, 0.15) is 0 Å². The van der Waals surface area contributed by atoms with E-state index in [4.69, 9.17) is 16.3 Å². The molecule has 1 aliphatic rings. The first kappa shape index (κ1) is 13.8. The predicted molar refractivity (Wildman–Crippen MR) is 73.5 cm³/mol. The standard InChI is InChI=1S/C12H17ClN2O2S/c1-3-15-6-8(9(7-15)17-2)14-12(16)10-4-5-11(13)18-10/h4-5,8-9H,3,6-7H2,1-2H3,(H,14,16)/t8-,9-/m1/s1. The van der Waals surface area contributed by atoms with E-state index in [1.807, 2.05) is 0 Å². The Balaban J connectivity index is 1.98. The van der Waals surface area contributed by atoms with Gasteiger partial charge in [0.25, 0.3) is 5.91 Å². The zero-order valence-corrected chi connectivity index (χ0v) is 12.1. The van der Waals surface area contributed by atoms with Crippen molar-refractivity contribution in [3.8, 4) is 0 Å². The van der Waals surface area contributed by atoms with Crippen LogP contribution in [0.15, 0.2) is 12.1 Å². The highest BCUT2D eigenvalue weighted by atomic mass is 35.5. The molecule has 4 nitrogen and oxygen atoms in total. The molecule has 2 atom stereocenters. The minimum absolute atomic E-state index is 0.0447. The molecule has 0 unspecified atom stereocenters. The minimum atomic E-state index is -0.0723. The summed E-state index contributed by atoms with van der Waals surface area (Å²) < 4.78 is 6.05. The van der Waals surface area contributed by atoms with Crippen molar-refractivity contribution in [2.24, 2.45) is 0 Å². The maximum atomic E-state index is 12.0. The molecular formula is C12H17ClN2O2S. The second-order valence-corrected chi connectivity index (χ2v) is 6.03. The van der Waals surface area contributed by atoms with Crippen LogP contribution >= 0.6 is 22.9 Å². The largest absolute Gasteiger partial charge is 0.378 e. The first-order valence-corrected chi connectivity index (χ1v) is 7.14. The molecule has 1 amide bonds. The van der Waals surface area contributed by atoms with Crippen molar-refractivity contribution in [2.75, 3.05) is 26.7 Å². The topological polar surface area (TPSA) is 41.6 Å². The number of halogens is 1. The first-order chi connectivity index (χ1) is 8.63. The number of ether oxygens (including phenoxy) is 1. The third-order valence-electron chi connectivity index (χ3n) is 3.21. The molecule has 0 radical (unpaired) electrons. The molecule has 1 fully saturated rings. The number of methoxy groups -OCH3 is 1. The molecule has 2 heterocycles. The van der Waals surface area contributed by atoms with E-state index in [9.17, 15) is 4.79 Å². The highest BCUT2D eigenvalue weighted by Gasteiger charge is 2.33. The summed E-state index contributed by atoms with van der Waals surface area (Å²) >= 11 is 7.12. The number of amides is 1. The Morgan fingerprint density at radius 1 is 1.61 bits per heavy atom. The third kappa shape index (κ3) is 3.03. The van der Waals surface area contributed by atoms with Gasteiger partial charge in [0.2, 0.25) is 0 Å². The van der Waals surface area contributed by atoms with Crippen molar-refractivity contribution in [1.82, 2.24) is 10.2 Å². The molecule has 0 bridgehead atoms. The first-order valence-electron chi connectivity index (χ1n) is 5.95. The summed E-state index contributed by atoms with van der Waals surface area (Å²) in [4.78, 5) is 14.9. The van der Waals surface area contributed by atoms with Crippen LogP contribution in [0.2, 0.25) is 4.34 Å². The monoisotopic (exact) mass is 288 g/mol. The lowest BCUT2D eigenvalue weighted by atomic mass is 10.2. The fraction of sp³-hybridized carbons (Fsp3) is 0.583. The van der Waals surface area contributed by atoms with Crippen molar-refractivity contribution in [2.45, 2.75) is 19.1 Å². The number of rotatable bonds is 4. The number of thiophene rings is 1. The van der Waals surface area contributed by atoms with Crippen molar-refractivity contribution in [3.63, 3.8) is 0 Å². The molecule has 2 rings (SSSR count). The summed E-state index contributed by atoms with van der Waals surface area (Å²) in [5.41, 5.74) is 0. The van der Waals surface area contributed by atoms with E-state index in [1.165, 1.54) is 11.3 Å². The second-order valence-electron chi connectivity index (χ2n) is 4.31. The van der Waals surface area contributed by atoms with Crippen LogP contribution in [0.25, 0.3) is 0 Å². The van der Waals surface area contributed by atoms with Gasteiger partial charge >= 0.3 is 0 Å². The van der Waals surface area contributed by atoms with Gasteiger partial charge in [-0.05, 0) is 18.7 Å². The zero-order chi connectivity index (χ0) is 13.1. The number of likely N-dealkylation sites (N-methyl/N-ethyl adjacent to an activating group) is 1. The summed E-state index contributed by atoms with van der Waals surface area (Å²) in [5.74, 6) is -0.0723. The Hall–Kier alpha value is -0.620. The van der Waals surface area contributed by atoms with E-state index in [0.29, 0.717) is 9.21 Å². The number of nitrogens with zero attached hydrogens (tertiary/aromatic N) is 1. The molecule has 1 N–H and O–H groups in total. The van der Waals surface area contributed by atoms with Crippen LogP contribution in [-0.2, 0) is 4.74 Å². The smallest absolute Gasteiger partial charge is 0.261 e. The number of hydrogen-bond acceptors (Lipinski definition) is 4. The molecular weight excluding hydrogens is 272 g/mol. The lowest BCUT2D eigenvalue weighted by Crippen LogP contribution is -2.43. The van der Waals surface area contributed by atoms with Crippen molar-refractivity contribution < 1.29 is 9.53 Å². The van der Waals surface area contributed by atoms with Crippen molar-refractivity contribution >= 4 is 28.8 Å². The molecule has 1 aromatic rings. The van der Waals surface area contributed by atoms with E-state index >= 15 is 0 Å². The van der Waals surface area contributed by atoms with Crippen LogP contribution in [0.3, 0.4) is 0 Å². The summed E-state index contributed by atoms with van der Waals surface area (Å²) in [6, 6.07) is 3.53. The van der Waals surface area contributed by atoms with Gasteiger partial charge < -0.3 is 10.1 Å². The molecule has 1 saturated heterocycles. The van der Waals surface area contributed by atoms with Crippen LogP contribution in [0.4, 0.5) is 0 Å². The van der Waals surface area contributed by atoms with Crippen LogP contribution in [0.1, 0.15) is 16.6 Å². The van der Waals surface area contributed by atoms with Crippen LogP contribution < -0.4 is 5.32 Å². The summed E-state index contributed by atoms with van der Waals surface area (Å²) in [7, 11) is 1.69. The summed E-state index contributed by atoms with van der Waals surface area (Å²) in [6.07, 6.45) is 0.0596. The third-order valence-corrected chi connectivity index (χ3v) is 4.44. The number of hydrogen-bond donors (Lipinski definition) is 1. The van der Waals surface area contributed by atoms with Gasteiger partial charge in [-0.3, -0.25) is 9.69 Å². The molecule has 6 heteroatoms. The number of likely N-dealkylation sites (tertiary alicyclic amines) is 1. The van der Waals surface area contributed by atoms with E-state index in [0.717, 1.165) is 19.6 Å². The molecule has 18 heavy (non-hydrogen) atoms. The van der Waals surface area contributed by atoms with Gasteiger partial charge in [-0.15, -0.1) is 11.3 Å². The van der Waals surface area contributed by atoms with E-state index < -0.39 is 0 Å². The maximum Gasteiger partial charge on any atom is 0.261 e. The summed E-state index contributed by atoms with van der Waals surface area (Å²) in [6.45, 7) is 4.77. The van der Waals surface area contributed by atoms with Crippen LogP contribution in [0.5, 0.6) is 0 Å². The van der Waals surface area contributed by atoms with Gasteiger partial charge in [0.15, 0.2) is 0 Å². The van der Waals surface area contributed by atoms with Gasteiger partial charge in [-0.1, -0.05) is 18.5 Å². The number of carbonyl (C=O) groups excluding carboxylic acids is 1. The Bertz CT molecular complexity index is 424.